The summed E-state index contributed by atoms with van der Waals surface area (Å²) in [6.07, 6.45) is 3.92. The third kappa shape index (κ3) is 3.14. The molecule has 0 bridgehead atoms. The van der Waals surface area contributed by atoms with Crippen molar-refractivity contribution in [3.05, 3.63) is 66.0 Å². The zero-order valence-corrected chi connectivity index (χ0v) is 12.1. The van der Waals surface area contributed by atoms with Gasteiger partial charge in [-0.25, -0.2) is 0 Å². The maximum Gasteiger partial charge on any atom is 0.243 e. The molecule has 0 saturated carbocycles. The summed E-state index contributed by atoms with van der Waals surface area (Å²) < 4.78 is 0. The summed E-state index contributed by atoms with van der Waals surface area (Å²) in [7, 11) is 0. The SMILES string of the molecule is O=C1NCC(=O)N(Cc2cccnc2)[C@H]1Cc1ccccc1. The van der Waals surface area contributed by atoms with Crippen LogP contribution in [-0.2, 0) is 22.6 Å². The summed E-state index contributed by atoms with van der Waals surface area (Å²) >= 11 is 0. The quantitative estimate of drug-likeness (QED) is 0.920. The van der Waals surface area contributed by atoms with E-state index in [1.54, 1.807) is 17.3 Å². The lowest BCUT2D eigenvalue weighted by Gasteiger charge is -2.35. The molecule has 22 heavy (non-hydrogen) atoms. The van der Waals surface area contributed by atoms with Crippen molar-refractivity contribution in [1.82, 2.24) is 15.2 Å². The van der Waals surface area contributed by atoms with Crippen molar-refractivity contribution in [3.63, 3.8) is 0 Å². The molecule has 112 valence electrons. The number of hydrogen-bond donors (Lipinski definition) is 1. The molecule has 1 aliphatic rings. The topological polar surface area (TPSA) is 62.3 Å². The minimum absolute atomic E-state index is 0.0599. The Morgan fingerprint density at radius 2 is 1.86 bits per heavy atom. The van der Waals surface area contributed by atoms with E-state index < -0.39 is 6.04 Å². The van der Waals surface area contributed by atoms with Crippen LogP contribution in [0.5, 0.6) is 0 Å². The number of hydrogen-bond acceptors (Lipinski definition) is 3. The Morgan fingerprint density at radius 1 is 1.09 bits per heavy atom. The van der Waals surface area contributed by atoms with Crippen LogP contribution in [-0.4, -0.2) is 34.3 Å². The van der Waals surface area contributed by atoms with Crippen molar-refractivity contribution in [3.8, 4) is 0 Å². The van der Waals surface area contributed by atoms with Gasteiger partial charge in [0, 0.05) is 25.4 Å². The van der Waals surface area contributed by atoms with Gasteiger partial charge in [0.15, 0.2) is 0 Å². The van der Waals surface area contributed by atoms with Gasteiger partial charge in [0.1, 0.15) is 6.04 Å². The number of aromatic nitrogens is 1. The molecule has 5 heteroatoms. The van der Waals surface area contributed by atoms with Gasteiger partial charge in [-0.3, -0.25) is 14.6 Å². The standard InChI is InChI=1S/C17H17N3O2/c21-16-11-19-17(22)15(9-13-5-2-1-3-6-13)20(16)12-14-7-4-8-18-10-14/h1-8,10,15H,9,11-12H2,(H,19,22)/t15-/m0/s1. The maximum atomic E-state index is 12.2. The normalized spacial score (nSPS) is 18.2. The number of nitrogens with one attached hydrogen (secondary N) is 1. The van der Waals surface area contributed by atoms with Gasteiger partial charge in [-0.15, -0.1) is 0 Å². The van der Waals surface area contributed by atoms with Crippen molar-refractivity contribution >= 4 is 11.8 Å². The second-order valence-electron chi connectivity index (χ2n) is 5.31. The highest BCUT2D eigenvalue weighted by molar-refractivity contribution is 5.95. The predicted octanol–water partition coefficient (Wildman–Crippen LogP) is 1.15. The van der Waals surface area contributed by atoms with Crippen molar-refractivity contribution in [2.45, 2.75) is 19.0 Å². The van der Waals surface area contributed by atoms with E-state index in [4.69, 9.17) is 0 Å². The van der Waals surface area contributed by atoms with E-state index in [0.717, 1.165) is 11.1 Å². The van der Waals surface area contributed by atoms with Crippen molar-refractivity contribution in [2.75, 3.05) is 6.54 Å². The molecular weight excluding hydrogens is 278 g/mol. The molecule has 2 heterocycles. The molecule has 1 aromatic carbocycles. The number of carbonyl (C=O) groups excluding carboxylic acids is 2. The first-order valence-corrected chi connectivity index (χ1v) is 7.24. The number of nitrogens with zero attached hydrogens (tertiary/aromatic N) is 2. The molecule has 2 amide bonds. The molecule has 1 fully saturated rings. The highest BCUT2D eigenvalue weighted by Gasteiger charge is 2.34. The lowest BCUT2D eigenvalue weighted by atomic mass is 10.0. The predicted molar refractivity (Wildman–Crippen MR) is 81.7 cm³/mol. The van der Waals surface area contributed by atoms with Gasteiger partial charge >= 0.3 is 0 Å². The summed E-state index contributed by atoms with van der Waals surface area (Å²) in [5.74, 6) is -0.170. The van der Waals surface area contributed by atoms with E-state index in [-0.39, 0.29) is 18.4 Å². The van der Waals surface area contributed by atoms with Gasteiger partial charge in [0.05, 0.1) is 6.54 Å². The van der Waals surface area contributed by atoms with Gasteiger partial charge < -0.3 is 10.2 Å². The fraction of sp³-hybridized carbons (Fsp3) is 0.235. The molecule has 1 atom stereocenters. The Hall–Kier alpha value is -2.69. The average Bonchev–Trinajstić information content (AvgIpc) is 2.56. The van der Waals surface area contributed by atoms with E-state index in [9.17, 15) is 9.59 Å². The van der Waals surface area contributed by atoms with Crippen LogP contribution in [0.15, 0.2) is 54.9 Å². The van der Waals surface area contributed by atoms with Gasteiger partial charge in [0.25, 0.3) is 0 Å². The minimum Gasteiger partial charge on any atom is -0.345 e. The van der Waals surface area contributed by atoms with Crippen LogP contribution in [0.25, 0.3) is 0 Å². The number of amides is 2. The Morgan fingerprint density at radius 3 is 2.59 bits per heavy atom. The number of rotatable bonds is 4. The van der Waals surface area contributed by atoms with Crippen LogP contribution in [0.1, 0.15) is 11.1 Å². The highest BCUT2D eigenvalue weighted by atomic mass is 16.2. The molecule has 1 aliphatic heterocycles. The first-order chi connectivity index (χ1) is 10.7. The molecule has 1 saturated heterocycles. The van der Waals surface area contributed by atoms with Crippen LogP contribution in [0, 0.1) is 0 Å². The summed E-state index contributed by atoms with van der Waals surface area (Å²) in [6.45, 7) is 0.460. The average molecular weight is 295 g/mol. The van der Waals surface area contributed by atoms with E-state index in [2.05, 4.69) is 10.3 Å². The molecular formula is C17H17N3O2. The van der Waals surface area contributed by atoms with Crippen LogP contribution < -0.4 is 5.32 Å². The lowest BCUT2D eigenvalue weighted by Crippen LogP contribution is -2.58. The Balaban J connectivity index is 1.82. The fourth-order valence-electron chi connectivity index (χ4n) is 2.62. The Labute approximate surface area is 129 Å². The largest absolute Gasteiger partial charge is 0.345 e. The van der Waals surface area contributed by atoms with Gasteiger partial charge in [-0.2, -0.15) is 0 Å². The van der Waals surface area contributed by atoms with Crippen LogP contribution >= 0.6 is 0 Å². The molecule has 5 nitrogen and oxygen atoms in total. The van der Waals surface area contributed by atoms with Crippen LogP contribution in [0.4, 0.5) is 0 Å². The lowest BCUT2D eigenvalue weighted by molar-refractivity contribution is -0.146. The van der Waals surface area contributed by atoms with Crippen molar-refractivity contribution in [2.24, 2.45) is 0 Å². The number of piperazine rings is 1. The summed E-state index contributed by atoms with van der Waals surface area (Å²) in [4.78, 5) is 30.2. The van der Waals surface area contributed by atoms with Gasteiger partial charge in [0.2, 0.25) is 11.8 Å². The highest BCUT2D eigenvalue weighted by Crippen LogP contribution is 2.16. The van der Waals surface area contributed by atoms with Gasteiger partial charge in [-0.05, 0) is 17.2 Å². The Kier molecular flexibility index (Phi) is 4.14. The number of carbonyl (C=O) groups is 2. The summed E-state index contributed by atoms with van der Waals surface area (Å²) in [6, 6.07) is 13.0. The molecule has 1 N–H and O–H groups in total. The monoisotopic (exact) mass is 295 g/mol. The van der Waals surface area contributed by atoms with E-state index in [0.29, 0.717) is 13.0 Å². The third-order valence-electron chi connectivity index (χ3n) is 3.76. The summed E-state index contributed by atoms with van der Waals surface area (Å²) in [5, 5.41) is 2.67. The zero-order chi connectivity index (χ0) is 15.4. The first-order valence-electron chi connectivity index (χ1n) is 7.24. The molecule has 0 spiro atoms. The van der Waals surface area contributed by atoms with Gasteiger partial charge in [-0.1, -0.05) is 36.4 Å². The molecule has 1 aromatic heterocycles. The molecule has 3 rings (SSSR count). The molecule has 0 aliphatic carbocycles. The molecule has 2 aromatic rings. The second kappa shape index (κ2) is 6.39. The maximum absolute atomic E-state index is 12.2. The van der Waals surface area contributed by atoms with E-state index >= 15 is 0 Å². The number of pyridine rings is 1. The molecule has 0 unspecified atom stereocenters. The van der Waals surface area contributed by atoms with Crippen LogP contribution in [0.3, 0.4) is 0 Å². The first kappa shape index (κ1) is 14.3. The third-order valence-corrected chi connectivity index (χ3v) is 3.76. The second-order valence-corrected chi connectivity index (χ2v) is 5.31. The zero-order valence-electron chi connectivity index (χ0n) is 12.1. The smallest absolute Gasteiger partial charge is 0.243 e. The minimum atomic E-state index is -0.483. The molecule has 0 radical (unpaired) electrons. The number of benzene rings is 1. The van der Waals surface area contributed by atoms with E-state index in [1.807, 2.05) is 42.5 Å². The van der Waals surface area contributed by atoms with Crippen molar-refractivity contribution in [1.29, 1.82) is 0 Å². The van der Waals surface area contributed by atoms with E-state index in [1.165, 1.54) is 0 Å². The fourth-order valence-corrected chi connectivity index (χ4v) is 2.62. The van der Waals surface area contributed by atoms with Crippen LogP contribution in [0.2, 0.25) is 0 Å². The van der Waals surface area contributed by atoms with Crippen molar-refractivity contribution < 1.29 is 9.59 Å². The Bertz CT molecular complexity index is 599. The summed E-state index contributed by atoms with van der Waals surface area (Å²) in [5.41, 5.74) is 1.96.